The summed E-state index contributed by atoms with van der Waals surface area (Å²) in [6, 6.07) is 13.9. The molecule has 1 aliphatic carbocycles. The lowest BCUT2D eigenvalue weighted by Gasteiger charge is -2.16. The highest BCUT2D eigenvalue weighted by atomic mass is 35.5. The highest BCUT2D eigenvalue weighted by Gasteiger charge is 2.29. The lowest BCUT2D eigenvalue weighted by atomic mass is 10.2. The average Bonchev–Trinajstić information content (AvgIpc) is 3.41. The van der Waals surface area contributed by atoms with Gasteiger partial charge in [-0.05, 0) is 62.2 Å². The molecule has 0 aliphatic heterocycles. The summed E-state index contributed by atoms with van der Waals surface area (Å²) in [6.07, 6.45) is 1.95. The van der Waals surface area contributed by atoms with E-state index >= 15 is 0 Å². The summed E-state index contributed by atoms with van der Waals surface area (Å²) in [7, 11) is 0. The maximum Gasteiger partial charge on any atom is 0.246 e. The molecule has 1 unspecified atom stereocenters. The minimum Gasteiger partial charge on any atom is -0.374 e. The molecule has 2 aromatic rings. The van der Waals surface area contributed by atoms with Gasteiger partial charge in [-0.25, -0.2) is 0 Å². The smallest absolute Gasteiger partial charge is 0.246 e. The van der Waals surface area contributed by atoms with Crippen molar-refractivity contribution in [1.29, 1.82) is 0 Å². The number of amides is 2. The van der Waals surface area contributed by atoms with E-state index in [-0.39, 0.29) is 17.7 Å². The number of halogens is 1. The van der Waals surface area contributed by atoms with Gasteiger partial charge in [-0.1, -0.05) is 17.7 Å². The van der Waals surface area contributed by atoms with Crippen LogP contribution in [0.3, 0.4) is 0 Å². The summed E-state index contributed by atoms with van der Waals surface area (Å²) >= 11 is 5.91. The Morgan fingerprint density at radius 2 is 1.68 bits per heavy atom. The van der Waals surface area contributed by atoms with Crippen LogP contribution >= 0.6 is 11.6 Å². The van der Waals surface area contributed by atoms with Gasteiger partial charge in [-0.2, -0.15) is 0 Å². The van der Waals surface area contributed by atoms with E-state index in [1.807, 2.05) is 24.3 Å². The second-order valence-electron chi connectivity index (χ2n) is 6.21. The number of anilines is 3. The first-order chi connectivity index (χ1) is 12.0. The van der Waals surface area contributed by atoms with Crippen LogP contribution in [0.1, 0.15) is 19.8 Å². The molecular formula is C19H20ClN3O2. The molecule has 2 amide bonds. The monoisotopic (exact) mass is 357 g/mol. The minimum atomic E-state index is -0.425. The summed E-state index contributed by atoms with van der Waals surface area (Å²) in [6.45, 7) is 1.78. The van der Waals surface area contributed by atoms with Gasteiger partial charge in [0.1, 0.15) is 6.04 Å². The summed E-state index contributed by atoms with van der Waals surface area (Å²) in [5.41, 5.74) is 2.22. The quantitative estimate of drug-likeness (QED) is 0.728. The van der Waals surface area contributed by atoms with Crippen molar-refractivity contribution in [2.24, 2.45) is 5.92 Å². The molecule has 0 saturated heterocycles. The van der Waals surface area contributed by atoms with Crippen molar-refractivity contribution < 1.29 is 9.59 Å². The molecule has 3 rings (SSSR count). The third kappa shape index (κ3) is 4.97. The van der Waals surface area contributed by atoms with Crippen LogP contribution in [0.2, 0.25) is 5.02 Å². The van der Waals surface area contributed by atoms with E-state index in [1.165, 1.54) is 0 Å². The molecule has 1 saturated carbocycles. The largest absolute Gasteiger partial charge is 0.374 e. The topological polar surface area (TPSA) is 70.2 Å². The van der Waals surface area contributed by atoms with Crippen LogP contribution in [0.5, 0.6) is 0 Å². The van der Waals surface area contributed by atoms with E-state index in [2.05, 4.69) is 16.0 Å². The first-order valence-corrected chi connectivity index (χ1v) is 8.63. The Morgan fingerprint density at radius 1 is 1.00 bits per heavy atom. The number of nitrogens with one attached hydrogen (secondary N) is 3. The van der Waals surface area contributed by atoms with Crippen LogP contribution in [0.15, 0.2) is 48.5 Å². The summed E-state index contributed by atoms with van der Waals surface area (Å²) in [4.78, 5) is 24.0. The number of carbonyl (C=O) groups is 2. The number of benzene rings is 2. The maximum atomic E-state index is 12.2. The van der Waals surface area contributed by atoms with Crippen molar-refractivity contribution in [3.63, 3.8) is 0 Å². The Balaban J connectivity index is 1.53. The van der Waals surface area contributed by atoms with Gasteiger partial charge in [0.15, 0.2) is 0 Å². The fraction of sp³-hybridized carbons (Fsp3) is 0.263. The van der Waals surface area contributed by atoms with E-state index in [9.17, 15) is 9.59 Å². The molecule has 3 N–H and O–H groups in total. The molecular weight excluding hydrogens is 338 g/mol. The summed E-state index contributed by atoms with van der Waals surface area (Å²) in [5, 5.41) is 9.41. The van der Waals surface area contributed by atoms with E-state index in [0.29, 0.717) is 10.7 Å². The molecule has 0 aromatic heterocycles. The highest BCUT2D eigenvalue weighted by molar-refractivity contribution is 6.30. The second kappa shape index (κ2) is 7.57. The molecule has 0 spiro atoms. The SMILES string of the molecule is CC(Nc1ccc(NC(=O)C2CC2)cc1)C(=O)Nc1cccc(Cl)c1. The standard InChI is InChI=1S/C19H20ClN3O2/c1-12(18(24)23-17-4-2-3-14(20)11-17)21-15-7-9-16(10-8-15)22-19(25)13-5-6-13/h2-4,7-13,21H,5-6H2,1H3,(H,22,25)(H,23,24). The fourth-order valence-electron chi connectivity index (χ4n) is 2.37. The van der Waals surface area contributed by atoms with Crippen LogP contribution in [-0.4, -0.2) is 17.9 Å². The number of hydrogen-bond donors (Lipinski definition) is 3. The summed E-state index contributed by atoms with van der Waals surface area (Å²) in [5.74, 6) is 0.0939. The fourth-order valence-corrected chi connectivity index (χ4v) is 2.56. The molecule has 0 radical (unpaired) electrons. The van der Waals surface area contributed by atoms with Gasteiger partial charge < -0.3 is 16.0 Å². The van der Waals surface area contributed by atoms with Gasteiger partial charge in [0, 0.05) is 28.0 Å². The molecule has 130 valence electrons. The molecule has 25 heavy (non-hydrogen) atoms. The molecule has 0 heterocycles. The lowest BCUT2D eigenvalue weighted by Crippen LogP contribution is -2.31. The second-order valence-corrected chi connectivity index (χ2v) is 6.64. The zero-order valence-corrected chi connectivity index (χ0v) is 14.6. The van der Waals surface area contributed by atoms with E-state index in [4.69, 9.17) is 11.6 Å². The Morgan fingerprint density at radius 3 is 2.32 bits per heavy atom. The van der Waals surface area contributed by atoms with Crippen molar-refractivity contribution in [2.45, 2.75) is 25.8 Å². The van der Waals surface area contributed by atoms with Crippen molar-refractivity contribution >= 4 is 40.5 Å². The molecule has 5 nitrogen and oxygen atoms in total. The predicted molar refractivity (Wildman–Crippen MR) is 101 cm³/mol. The first kappa shape index (κ1) is 17.3. The molecule has 1 aliphatic rings. The van der Waals surface area contributed by atoms with Crippen LogP contribution in [0, 0.1) is 5.92 Å². The van der Waals surface area contributed by atoms with Gasteiger partial charge in [-0.15, -0.1) is 0 Å². The molecule has 6 heteroatoms. The van der Waals surface area contributed by atoms with E-state index < -0.39 is 6.04 Å². The Hall–Kier alpha value is -2.53. The third-order valence-electron chi connectivity index (χ3n) is 3.97. The van der Waals surface area contributed by atoms with Crippen molar-refractivity contribution in [3.8, 4) is 0 Å². The summed E-state index contributed by atoms with van der Waals surface area (Å²) < 4.78 is 0. The number of carbonyl (C=O) groups excluding carboxylic acids is 2. The molecule has 2 aromatic carbocycles. The number of hydrogen-bond acceptors (Lipinski definition) is 3. The average molecular weight is 358 g/mol. The predicted octanol–water partition coefficient (Wildman–Crippen LogP) is 4.13. The molecule has 1 fully saturated rings. The van der Waals surface area contributed by atoms with E-state index in [1.54, 1.807) is 31.2 Å². The van der Waals surface area contributed by atoms with Crippen LogP contribution in [0.4, 0.5) is 17.1 Å². The normalized spacial score (nSPS) is 14.5. The Bertz CT molecular complexity index is 772. The van der Waals surface area contributed by atoms with Gasteiger partial charge in [0.05, 0.1) is 0 Å². The van der Waals surface area contributed by atoms with Crippen LogP contribution in [0.25, 0.3) is 0 Å². The van der Waals surface area contributed by atoms with Gasteiger partial charge in [0.2, 0.25) is 11.8 Å². The highest BCUT2D eigenvalue weighted by Crippen LogP contribution is 2.30. The van der Waals surface area contributed by atoms with Crippen LogP contribution in [-0.2, 0) is 9.59 Å². The van der Waals surface area contributed by atoms with Crippen molar-refractivity contribution in [3.05, 3.63) is 53.6 Å². The zero-order chi connectivity index (χ0) is 17.8. The lowest BCUT2D eigenvalue weighted by molar-refractivity contribution is -0.117. The van der Waals surface area contributed by atoms with E-state index in [0.717, 1.165) is 24.2 Å². The maximum absolute atomic E-state index is 12.2. The van der Waals surface area contributed by atoms with Crippen molar-refractivity contribution in [1.82, 2.24) is 0 Å². The van der Waals surface area contributed by atoms with Crippen LogP contribution < -0.4 is 16.0 Å². The van der Waals surface area contributed by atoms with Gasteiger partial charge >= 0.3 is 0 Å². The zero-order valence-electron chi connectivity index (χ0n) is 13.9. The first-order valence-electron chi connectivity index (χ1n) is 8.25. The minimum absolute atomic E-state index is 0.0787. The Labute approximate surface area is 151 Å². The molecule has 0 bridgehead atoms. The Kier molecular flexibility index (Phi) is 5.24. The third-order valence-corrected chi connectivity index (χ3v) is 4.20. The van der Waals surface area contributed by atoms with Crippen molar-refractivity contribution in [2.75, 3.05) is 16.0 Å². The van der Waals surface area contributed by atoms with Gasteiger partial charge in [-0.3, -0.25) is 9.59 Å². The number of rotatable bonds is 6. The molecule has 1 atom stereocenters. The van der Waals surface area contributed by atoms with Gasteiger partial charge in [0.25, 0.3) is 0 Å².